The monoisotopic (exact) mass is 177 g/mol. The van der Waals surface area contributed by atoms with Gasteiger partial charge in [0.05, 0.1) is 5.56 Å². The molecule has 2 rings (SSSR count). The van der Waals surface area contributed by atoms with Gasteiger partial charge in [0.2, 0.25) is 0 Å². The normalized spacial score (nSPS) is 14.4. The number of fused-ring (bicyclic) bond motifs is 1. The maximum Gasteiger partial charge on any atom is 0.257 e. The van der Waals surface area contributed by atoms with Crippen LogP contribution in [0.25, 0.3) is 0 Å². The number of benzene rings is 1. The summed E-state index contributed by atoms with van der Waals surface area (Å²) < 4.78 is 0. The molecule has 2 nitrogen and oxygen atoms in total. The van der Waals surface area contributed by atoms with Crippen LogP contribution in [0, 0.1) is 6.92 Å². The summed E-state index contributed by atoms with van der Waals surface area (Å²) in [4.78, 5) is 11.8. The lowest BCUT2D eigenvalue weighted by molar-refractivity contribution is 0.0983. The third kappa shape index (κ3) is 0.940. The zero-order valence-electron chi connectivity index (χ0n) is 6.55. The molecule has 12 heavy (non-hydrogen) atoms. The van der Waals surface area contributed by atoms with Gasteiger partial charge in [0.15, 0.2) is 0 Å². The lowest BCUT2D eigenvalue weighted by Crippen LogP contribution is -2.18. The van der Waals surface area contributed by atoms with E-state index in [-0.39, 0.29) is 5.91 Å². The number of thiocarbonyl (C=S) groups is 1. The van der Waals surface area contributed by atoms with Crippen LogP contribution in [-0.2, 0) is 0 Å². The molecule has 3 heteroatoms. The van der Waals surface area contributed by atoms with Gasteiger partial charge in [-0.05, 0) is 13.0 Å². The highest BCUT2D eigenvalue weighted by Gasteiger charge is 2.22. The zero-order chi connectivity index (χ0) is 8.72. The first kappa shape index (κ1) is 7.43. The Kier molecular flexibility index (Phi) is 1.48. The number of hydrogen-bond acceptors (Lipinski definition) is 2. The first-order chi connectivity index (χ1) is 5.68. The smallest absolute Gasteiger partial charge is 0.257 e. The third-order valence-electron chi connectivity index (χ3n) is 1.89. The van der Waals surface area contributed by atoms with Gasteiger partial charge >= 0.3 is 0 Å². The van der Waals surface area contributed by atoms with Crippen molar-refractivity contribution >= 4 is 23.1 Å². The zero-order valence-corrected chi connectivity index (χ0v) is 7.37. The summed E-state index contributed by atoms with van der Waals surface area (Å²) in [6.45, 7) is 1.95. The summed E-state index contributed by atoms with van der Waals surface area (Å²) in [7, 11) is 0. The SMILES string of the molecule is Cc1ccc2c(c1)C(=O)NC2=S. The van der Waals surface area contributed by atoms with E-state index in [0.717, 1.165) is 11.1 Å². The van der Waals surface area contributed by atoms with E-state index < -0.39 is 0 Å². The van der Waals surface area contributed by atoms with Crippen LogP contribution in [0.4, 0.5) is 0 Å². The molecular weight excluding hydrogens is 170 g/mol. The summed E-state index contributed by atoms with van der Waals surface area (Å²) in [5.41, 5.74) is 2.62. The topological polar surface area (TPSA) is 29.1 Å². The molecule has 0 radical (unpaired) electrons. The minimum Gasteiger partial charge on any atom is -0.312 e. The Labute approximate surface area is 75.6 Å². The van der Waals surface area contributed by atoms with Gasteiger partial charge in [-0.15, -0.1) is 0 Å². The Balaban J connectivity index is 2.68. The molecule has 1 aliphatic heterocycles. The Morgan fingerprint density at radius 1 is 1.33 bits per heavy atom. The van der Waals surface area contributed by atoms with E-state index in [9.17, 15) is 4.79 Å². The van der Waals surface area contributed by atoms with Gasteiger partial charge in [0, 0.05) is 5.56 Å². The highest BCUT2D eigenvalue weighted by Crippen LogP contribution is 2.17. The first-order valence-electron chi connectivity index (χ1n) is 3.65. The van der Waals surface area contributed by atoms with Crippen molar-refractivity contribution in [3.05, 3.63) is 34.9 Å². The average Bonchev–Trinajstić information content (AvgIpc) is 2.28. The summed E-state index contributed by atoms with van der Waals surface area (Å²) in [5, 5.41) is 2.60. The van der Waals surface area contributed by atoms with Crippen molar-refractivity contribution in [1.82, 2.24) is 5.32 Å². The highest BCUT2D eigenvalue weighted by atomic mass is 32.1. The van der Waals surface area contributed by atoms with Crippen molar-refractivity contribution in [2.45, 2.75) is 6.92 Å². The second-order valence-corrected chi connectivity index (χ2v) is 3.24. The van der Waals surface area contributed by atoms with Gasteiger partial charge < -0.3 is 5.32 Å². The summed E-state index contributed by atoms with van der Waals surface area (Å²) in [6, 6.07) is 5.68. The second kappa shape index (κ2) is 2.38. The van der Waals surface area contributed by atoms with E-state index >= 15 is 0 Å². The molecular formula is C9H7NOS. The molecule has 0 atom stereocenters. The van der Waals surface area contributed by atoms with Gasteiger partial charge in [0.1, 0.15) is 4.99 Å². The number of carbonyl (C=O) groups excluding carboxylic acids is 1. The molecule has 0 unspecified atom stereocenters. The fourth-order valence-electron chi connectivity index (χ4n) is 1.28. The number of hydrogen-bond donors (Lipinski definition) is 1. The lowest BCUT2D eigenvalue weighted by atomic mass is 10.1. The van der Waals surface area contributed by atoms with Crippen LogP contribution >= 0.6 is 12.2 Å². The average molecular weight is 177 g/mol. The van der Waals surface area contributed by atoms with Crippen molar-refractivity contribution in [3.8, 4) is 0 Å². The highest BCUT2D eigenvalue weighted by molar-refractivity contribution is 7.80. The molecule has 0 spiro atoms. The number of amides is 1. The minimum atomic E-state index is -0.0845. The Hall–Kier alpha value is -1.22. The largest absolute Gasteiger partial charge is 0.312 e. The quantitative estimate of drug-likeness (QED) is 0.607. The van der Waals surface area contributed by atoms with Crippen molar-refractivity contribution in [3.63, 3.8) is 0 Å². The molecule has 0 aromatic heterocycles. The molecule has 0 aliphatic carbocycles. The number of rotatable bonds is 0. The Morgan fingerprint density at radius 3 is 2.83 bits per heavy atom. The molecule has 1 heterocycles. The molecule has 0 saturated heterocycles. The van der Waals surface area contributed by atoms with E-state index in [2.05, 4.69) is 5.32 Å². The van der Waals surface area contributed by atoms with Crippen LogP contribution in [0.1, 0.15) is 21.5 Å². The minimum absolute atomic E-state index is 0.0845. The van der Waals surface area contributed by atoms with Crippen LogP contribution in [-0.4, -0.2) is 10.9 Å². The molecule has 60 valence electrons. The van der Waals surface area contributed by atoms with Crippen molar-refractivity contribution in [1.29, 1.82) is 0 Å². The Bertz CT molecular complexity index is 384. The van der Waals surface area contributed by atoms with Crippen LogP contribution in [0.15, 0.2) is 18.2 Å². The maximum atomic E-state index is 11.2. The number of aryl methyl sites for hydroxylation is 1. The van der Waals surface area contributed by atoms with Crippen LogP contribution in [0.3, 0.4) is 0 Å². The van der Waals surface area contributed by atoms with E-state index in [1.165, 1.54) is 0 Å². The van der Waals surface area contributed by atoms with Gasteiger partial charge in [-0.2, -0.15) is 0 Å². The molecule has 1 N–H and O–H groups in total. The van der Waals surface area contributed by atoms with Gasteiger partial charge in [-0.25, -0.2) is 0 Å². The van der Waals surface area contributed by atoms with E-state index in [1.807, 2.05) is 25.1 Å². The van der Waals surface area contributed by atoms with Crippen molar-refractivity contribution in [2.75, 3.05) is 0 Å². The van der Waals surface area contributed by atoms with Crippen LogP contribution in [0.2, 0.25) is 0 Å². The van der Waals surface area contributed by atoms with Gasteiger partial charge in [-0.1, -0.05) is 29.9 Å². The molecule has 0 saturated carbocycles. The second-order valence-electron chi connectivity index (χ2n) is 2.83. The fraction of sp³-hybridized carbons (Fsp3) is 0.111. The van der Waals surface area contributed by atoms with Crippen molar-refractivity contribution in [2.24, 2.45) is 0 Å². The molecule has 0 fully saturated rings. The molecule has 1 amide bonds. The third-order valence-corrected chi connectivity index (χ3v) is 2.21. The Morgan fingerprint density at radius 2 is 2.08 bits per heavy atom. The van der Waals surface area contributed by atoms with E-state index in [4.69, 9.17) is 12.2 Å². The summed E-state index contributed by atoms with van der Waals surface area (Å²) >= 11 is 4.96. The van der Waals surface area contributed by atoms with Crippen molar-refractivity contribution < 1.29 is 4.79 Å². The predicted molar refractivity (Wildman–Crippen MR) is 50.3 cm³/mol. The van der Waals surface area contributed by atoms with Gasteiger partial charge in [0.25, 0.3) is 5.91 Å². The van der Waals surface area contributed by atoms with Crippen LogP contribution < -0.4 is 5.32 Å². The fourth-order valence-corrected chi connectivity index (χ4v) is 1.55. The van der Waals surface area contributed by atoms with E-state index in [0.29, 0.717) is 10.6 Å². The first-order valence-corrected chi connectivity index (χ1v) is 4.05. The van der Waals surface area contributed by atoms with Gasteiger partial charge in [-0.3, -0.25) is 4.79 Å². The molecule has 1 aliphatic rings. The summed E-state index contributed by atoms with van der Waals surface area (Å²) in [6.07, 6.45) is 0. The number of carbonyl (C=O) groups is 1. The lowest BCUT2D eigenvalue weighted by Gasteiger charge is -1.95. The summed E-state index contributed by atoms with van der Waals surface area (Å²) in [5.74, 6) is -0.0845. The molecule has 0 bridgehead atoms. The standard InChI is InChI=1S/C9H7NOS/c1-5-2-3-6-7(4-5)8(11)10-9(6)12/h2-4H,1H3,(H,10,11,12). The van der Waals surface area contributed by atoms with E-state index in [1.54, 1.807) is 0 Å². The maximum absolute atomic E-state index is 11.2. The molecule has 1 aromatic rings. The van der Waals surface area contributed by atoms with Crippen LogP contribution in [0.5, 0.6) is 0 Å². The molecule has 1 aromatic carbocycles. The predicted octanol–water partition coefficient (Wildman–Crippen LogP) is 1.41. The number of nitrogens with one attached hydrogen (secondary N) is 1.